The first-order valence-electron chi connectivity index (χ1n) is 4.50. The van der Waals surface area contributed by atoms with E-state index < -0.39 is 17.7 Å². The summed E-state index contributed by atoms with van der Waals surface area (Å²) in [6.07, 6.45) is 1.63. The Morgan fingerprint density at radius 2 is 1.93 bits per heavy atom. The highest BCUT2D eigenvalue weighted by atomic mass is 16.6. The van der Waals surface area contributed by atoms with E-state index in [2.05, 4.69) is 11.3 Å². The molecule has 0 saturated carbocycles. The highest BCUT2D eigenvalue weighted by Gasteiger charge is 2.12. The van der Waals surface area contributed by atoms with Gasteiger partial charge < -0.3 is 15.6 Å². The van der Waals surface area contributed by atoms with Crippen molar-refractivity contribution in [1.29, 1.82) is 0 Å². The Labute approximate surface area is 89.9 Å². The van der Waals surface area contributed by atoms with Crippen LogP contribution in [-0.4, -0.2) is 22.8 Å². The summed E-state index contributed by atoms with van der Waals surface area (Å²) in [6, 6.07) is 0. The smallest absolute Gasteiger partial charge is 0.405 e. The lowest BCUT2D eigenvalue weighted by Crippen LogP contribution is -2.27. The molecular formula is C10H19NO4. The Hall–Kier alpha value is -1.52. The molecule has 0 spiro atoms. The van der Waals surface area contributed by atoms with E-state index in [1.54, 1.807) is 26.8 Å². The van der Waals surface area contributed by atoms with Crippen LogP contribution in [0.2, 0.25) is 0 Å². The molecule has 5 nitrogen and oxygen atoms in total. The zero-order chi connectivity index (χ0) is 12.5. The Bertz CT molecular complexity index is 218. The zero-order valence-electron chi connectivity index (χ0n) is 9.45. The number of amides is 1. The molecule has 0 bridgehead atoms. The molecule has 0 aromatic carbocycles. The summed E-state index contributed by atoms with van der Waals surface area (Å²) in [5.41, 5.74) is 4.26. The number of ether oxygens (including phenoxy) is 1. The van der Waals surface area contributed by atoms with Crippen molar-refractivity contribution >= 4 is 12.1 Å². The van der Waals surface area contributed by atoms with Crippen LogP contribution in [0.1, 0.15) is 33.6 Å². The maximum absolute atomic E-state index is 10.0. The number of allylic oxidation sites excluding steroid dienone is 1. The Balaban J connectivity index is 0. The van der Waals surface area contributed by atoms with Crippen LogP contribution in [0.15, 0.2) is 12.7 Å². The van der Waals surface area contributed by atoms with Crippen molar-refractivity contribution in [3.8, 4) is 0 Å². The lowest BCUT2D eigenvalue weighted by atomic mass is 10.2. The van der Waals surface area contributed by atoms with Crippen molar-refractivity contribution in [3.63, 3.8) is 0 Å². The molecule has 5 heteroatoms. The summed E-state index contributed by atoms with van der Waals surface area (Å²) in [4.78, 5) is 19.7. The van der Waals surface area contributed by atoms with Gasteiger partial charge in [-0.25, -0.2) is 4.79 Å². The first kappa shape index (κ1) is 15.9. The largest absolute Gasteiger partial charge is 0.481 e. The predicted molar refractivity (Wildman–Crippen MR) is 57.5 cm³/mol. The number of primary amides is 1. The minimum atomic E-state index is -0.764. The van der Waals surface area contributed by atoms with Crippen molar-refractivity contribution in [1.82, 2.24) is 0 Å². The van der Waals surface area contributed by atoms with Crippen LogP contribution in [0.5, 0.6) is 0 Å². The van der Waals surface area contributed by atoms with Crippen molar-refractivity contribution in [3.05, 3.63) is 12.7 Å². The van der Waals surface area contributed by atoms with Gasteiger partial charge in [-0.05, 0) is 27.2 Å². The van der Waals surface area contributed by atoms with Crippen molar-refractivity contribution in [2.75, 3.05) is 0 Å². The van der Waals surface area contributed by atoms with Gasteiger partial charge >= 0.3 is 12.1 Å². The third-order valence-corrected chi connectivity index (χ3v) is 0.969. The van der Waals surface area contributed by atoms with E-state index in [0.717, 1.165) is 0 Å². The van der Waals surface area contributed by atoms with Gasteiger partial charge in [0.15, 0.2) is 0 Å². The number of carbonyl (C=O) groups excluding carboxylic acids is 1. The third kappa shape index (κ3) is 24.5. The molecular weight excluding hydrogens is 198 g/mol. The van der Waals surface area contributed by atoms with Gasteiger partial charge in [0.1, 0.15) is 5.60 Å². The van der Waals surface area contributed by atoms with Gasteiger partial charge in [0.25, 0.3) is 0 Å². The summed E-state index contributed by atoms with van der Waals surface area (Å²) in [5, 5.41) is 8.00. The van der Waals surface area contributed by atoms with Crippen LogP contribution in [0, 0.1) is 0 Å². The minimum absolute atomic E-state index is 0.198. The highest BCUT2D eigenvalue weighted by molar-refractivity contribution is 5.66. The van der Waals surface area contributed by atoms with Crippen molar-refractivity contribution in [2.24, 2.45) is 5.73 Å². The van der Waals surface area contributed by atoms with E-state index in [-0.39, 0.29) is 6.42 Å². The average molecular weight is 217 g/mol. The summed E-state index contributed by atoms with van der Waals surface area (Å²) in [7, 11) is 0. The molecule has 3 N–H and O–H groups in total. The van der Waals surface area contributed by atoms with Gasteiger partial charge in [-0.15, -0.1) is 6.58 Å². The van der Waals surface area contributed by atoms with Crippen LogP contribution >= 0.6 is 0 Å². The molecule has 0 saturated heterocycles. The first-order chi connectivity index (χ1) is 6.69. The monoisotopic (exact) mass is 217 g/mol. The maximum Gasteiger partial charge on any atom is 0.405 e. The fourth-order valence-electron chi connectivity index (χ4n) is 0.527. The van der Waals surface area contributed by atoms with Gasteiger partial charge in [-0.3, -0.25) is 4.79 Å². The molecule has 0 aliphatic heterocycles. The summed E-state index contributed by atoms with van der Waals surface area (Å²) < 4.78 is 4.58. The fraction of sp³-hybridized carbons (Fsp3) is 0.600. The van der Waals surface area contributed by atoms with E-state index >= 15 is 0 Å². The van der Waals surface area contributed by atoms with E-state index in [9.17, 15) is 9.59 Å². The molecule has 0 rings (SSSR count). The Morgan fingerprint density at radius 1 is 1.47 bits per heavy atom. The number of aliphatic carboxylic acids is 1. The Morgan fingerprint density at radius 3 is 2.00 bits per heavy atom. The number of carboxylic acid groups (broad SMARTS) is 1. The molecule has 0 fully saturated rings. The second kappa shape index (κ2) is 7.84. The third-order valence-electron chi connectivity index (χ3n) is 0.969. The number of carboxylic acids is 1. The van der Waals surface area contributed by atoms with E-state index in [1.165, 1.54) is 0 Å². The molecule has 0 aromatic heterocycles. The fourth-order valence-corrected chi connectivity index (χ4v) is 0.527. The normalized spacial score (nSPS) is 9.53. The van der Waals surface area contributed by atoms with Gasteiger partial charge in [0.2, 0.25) is 0 Å². The Kier molecular flexibility index (Phi) is 8.33. The first-order valence-corrected chi connectivity index (χ1v) is 4.50. The zero-order valence-corrected chi connectivity index (χ0v) is 9.45. The topological polar surface area (TPSA) is 89.6 Å². The molecule has 0 aromatic rings. The van der Waals surface area contributed by atoms with Crippen LogP contribution in [0.3, 0.4) is 0 Å². The SMILES string of the molecule is C=CCCC(=O)O.CC(C)(C)OC(N)=O. The van der Waals surface area contributed by atoms with Crippen LogP contribution < -0.4 is 5.73 Å². The second-order valence-electron chi connectivity index (χ2n) is 3.75. The molecule has 1 amide bonds. The molecule has 0 radical (unpaired) electrons. The molecule has 0 atom stereocenters. The van der Waals surface area contributed by atoms with Gasteiger partial charge in [-0.1, -0.05) is 6.08 Å². The molecule has 0 aliphatic carbocycles. The number of hydrogen-bond donors (Lipinski definition) is 2. The lowest BCUT2D eigenvalue weighted by molar-refractivity contribution is -0.136. The van der Waals surface area contributed by atoms with Crippen LogP contribution in [0.25, 0.3) is 0 Å². The number of carbonyl (C=O) groups is 2. The van der Waals surface area contributed by atoms with Crippen molar-refractivity contribution in [2.45, 2.75) is 39.2 Å². The van der Waals surface area contributed by atoms with Crippen molar-refractivity contribution < 1.29 is 19.4 Å². The molecule has 0 unspecified atom stereocenters. The predicted octanol–water partition coefficient (Wildman–Crippen LogP) is 1.92. The average Bonchev–Trinajstić information content (AvgIpc) is 1.96. The molecule has 88 valence electrons. The van der Waals surface area contributed by atoms with Crippen LogP contribution in [0.4, 0.5) is 4.79 Å². The summed E-state index contributed by atoms with van der Waals surface area (Å²) in [6.45, 7) is 8.65. The highest BCUT2D eigenvalue weighted by Crippen LogP contribution is 2.04. The maximum atomic E-state index is 10.0. The minimum Gasteiger partial charge on any atom is -0.481 e. The lowest BCUT2D eigenvalue weighted by Gasteiger charge is -2.16. The van der Waals surface area contributed by atoms with Gasteiger partial charge in [0, 0.05) is 6.42 Å². The van der Waals surface area contributed by atoms with E-state index in [1.807, 2.05) is 0 Å². The van der Waals surface area contributed by atoms with Gasteiger partial charge in [-0.2, -0.15) is 0 Å². The number of rotatable bonds is 3. The standard InChI is InChI=1S/C5H11NO2.C5H8O2/c1-5(2,3)8-4(6)7;1-2-3-4-5(6)7/h1-3H3,(H2,6,7);2H,1,3-4H2,(H,6,7). The number of nitrogens with two attached hydrogens (primary N) is 1. The molecule has 15 heavy (non-hydrogen) atoms. The summed E-state index contributed by atoms with van der Waals surface area (Å²) in [5.74, 6) is -0.764. The van der Waals surface area contributed by atoms with E-state index in [4.69, 9.17) is 10.8 Å². The quantitative estimate of drug-likeness (QED) is 0.706. The van der Waals surface area contributed by atoms with Gasteiger partial charge in [0.05, 0.1) is 0 Å². The summed E-state index contributed by atoms with van der Waals surface area (Å²) >= 11 is 0. The van der Waals surface area contributed by atoms with Crippen LogP contribution in [-0.2, 0) is 9.53 Å². The second-order valence-corrected chi connectivity index (χ2v) is 3.75. The molecule has 0 heterocycles. The van der Waals surface area contributed by atoms with E-state index in [0.29, 0.717) is 6.42 Å². The number of hydrogen-bond acceptors (Lipinski definition) is 3. The molecule has 0 aliphatic rings.